The third-order valence-corrected chi connectivity index (χ3v) is 7.84. The van der Waals surface area contributed by atoms with Gasteiger partial charge in [-0.25, -0.2) is 0 Å². The lowest BCUT2D eigenvalue weighted by Gasteiger charge is -2.36. The molecule has 0 aliphatic carbocycles. The number of hydrogen-bond acceptors (Lipinski definition) is 12. The summed E-state index contributed by atoms with van der Waals surface area (Å²) in [4.78, 5) is 46.6. The molecular formula is C33H58O12. The van der Waals surface area contributed by atoms with E-state index in [2.05, 4.69) is 32.4 Å². The van der Waals surface area contributed by atoms with E-state index in [-0.39, 0.29) is 63.2 Å². The minimum absolute atomic E-state index is 0.0395. The van der Waals surface area contributed by atoms with Crippen molar-refractivity contribution in [2.24, 2.45) is 16.7 Å². The van der Waals surface area contributed by atoms with E-state index >= 15 is 0 Å². The van der Waals surface area contributed by atoms with Gasteiger partial charge >= 0.3 is 17.9 Å². The Morgan fingerprint density at radius 1 is 0.867 bits per heavy atom. The van der Waals surface area contributed by atoms with Crippen LogP contribution >= 0.6 is 0 Å². The molecule has 0 saturated carbocycles. The van der Waals surface area contributed by atoms with Gasteiger partial charge < -0.3 is 37.9 Å². The van der Waals surface area contributed by atoms with Gasteiger partial charge in [-0.2, -0.15) is 0 Å². The number of esters is 3. The van der Waals surface area contributed by atoms with Crippen molar-refractivity contribution in [1.29, 1.82) is 0 Å². The molecule has 0 bridgehead atoms. The van der Waals surface area contributed by atoms with Crippen LogP contribution in [0.15, 0.2) is 0 Å². The molecule has 2 fully saturated rings. The molecular weight excluding hydrogens is 588 g/mol. The summed E-state index contributed by atoms with van der Waals surface area (Å²) in [7, 11) is 0. The first-order valence-corrected chi connectivity index (χ1v) is 16.0. The molecule has 0 aromatic carbocycles. The van der Waals surface area contributed by atoms with Gasteiger partial charge in [-0.1, -0.05) is 61.8 Å². The first kappa shape index (κ1) is 40.7. The summed E-state index contributed by atoms with van der Waals surface area (Å²) in [6.45, 7) is 21.6. The third-order valence-electron chi connectivity index (χ3n) is 7.84. The molecule has 2 aliphatic rings. The zero-order valence-electron chi connectivity index (χ0n) is 29.2. The summed E-state index contributed by atoms with van der Waals surface area (Å²) in [6.07, 6.45) is 1.84. The number of ether oxygens (including phenoxy) is 8. The summed E-state index contributed by atoms with van der Waals surface area (Å²) < 4.78 is 43.6. The molecule has 2 aliphatic heterocycles. The molecule has 262 valence electrons. The molecule has 45 heavy (non-hydrogen) atoms. The second-order valence-electron chi connectivity index (χ2n) is 14.2. The fourth-order valence-corrected chi connectivity index (χ4v) is 3.83. The molecule has 5 atom stereocenters. The lowest BCUT2D eigenvalue weighted by Crippen LogP contribution is -2.41. The van der Waals surface area contributed by atoms with Crippen molar-refractivity contribution < 1.29 is 57.1 Å². The van der Waals surface area contributed by atoms with Gasteiger partial charge in [0.15, 0.2) is 11.6 Å². The number of hydrogen-bond donors (Lipinski definition) is 0. The molecule has 0 amide bonds. The Labute approximate surface area is 269 Å². The Hall–Kier alpha value is -2.28. The van der Waals surface area contributed by atoms with Crippen LogP contribution < -0.4 is 0 Å². The fourth-order valence-electron chi connectivity index (χ4n) is 3.83. The van der Waals surface area contributed by atoms with Crippen LogP contribution in [0.5, 0.6) is 0 Å². The predicted molar refractivity (Wildman–Crippen MR) is 165 cm³/mol. The molecule has 0 aromatic rings. The van der Waals surface area contributed by atoms with E-state index in [4.69, 9.17) is 33.2 Å². The summed E-state index contributed by atoms with van der Waals surface area (Å²) in [5.74, 6) is -3.91. The van der Waals surface area contributed by atoms with Crippen molar-refractivity contribution in [3.63, 3.8) is 0 Å². The largest absolute Gasteiger partial charge is 0.468 e. The monoisotopic (exact) mass is 646 g/mol. The topological polar surface area (TPSA) is 142 Å². The molecule has 0 spiro atoms. The van der Waals surface area contributed by atoms with Crippen LogP contribution in [0.25, 0.3) is 0 Å². The van der Waals surface area contributed by atoms with Crippen molar-refractivity contribution in [3.8, 4) is 0 Å². The minimum atomic E-state index is -1.000. The fraction of sp³-hybridized carbons (Fsp3) is 0.879. The van der Waals surface area contributed by atoms with Crippen LogP contribution in [0.4, 0.5) is 0 Å². The highest BCUT2D eigenvalue weighted by Crippen LogP contribution is 2.39. The van der Waals surface area contributed by atoms with E-state index in [9.17, 15) is 19.2 Å². The number of rotatable bonds is 16. The van der Waals surface area contributed by atoms with Crippen LogP contribution in [-0.2, 0) is 57.1 Å². The average Bonchev–Trinajstić information content (AvgIpc) is 3.54. The lowest BCUT2D eigenvalue weighted by molar-refractivity contribution is -0.221. The Bertz CT molecular complexity index is 924. The van der Waals surface area contributed by atoms with Gasteiger partial charge in [-0.05, 0) is 32.1 Å². The highest BCUT2D eigenvalue weighted by molar-refractivity contribution is 5.79. The normalized spacial score (nSPS) is 25.5. The van der Waals surface area contributed by atoms with Crippen LogP contribution in [0.2, 0.25) is 0 Å². The molecule has 0 radical (unpaired) electrons. The highest BCUT2D eigenvalue weighted by atomic mass is 16.8. The van der Waals surface area contributed by atoms with Gasteiger partial charge in [0.25, 0.3) is 6.47 Å². The zero-order chi connectivity index (χ0) is 34.3. The number of unbranched alkanes of at least 4 members (excludes halogenated alkanes) is 1. The Balaban J connectivity index is 0.00000153. The van der Waals surface area contributed by atoms with E-state index in [1.54, 1.807) is 13.8 Å². The van der Waals surface area contributed by atoms with Crippen molar-refractivity contribution in [1.82, 2.24) is 0 Å². The van der Waals surface area contributed by atoms with Crippen molar-refractivity contribution in [2.45, 2.75) is 132 Å². The van der Waals surface area contributed by atoms with Crippen molar-refractivity contribution in [2.75, 3.05) is 39.6 Å². The Morgan fingerprint density at radius 2 is 1.44 bits per heavy atom. The zero-order valence-corrected chi connectivity index (χ0v) is 29.2. The Morgan fingerprint density at radius 3 is 2.02 bits per heavy atom. The molecule has 12 heteroatoms. The first-order valence-electron chi connectivity index (χ1n) is 16.0. The maximum atomic E-state index is 12.4. The van der Waals surface area contributed by atoms with Crippen LogP contribution in [0.3, 0.4) is 0 Å². The molecule has 2 rings (SSSR count). The summed E-state index contributed by atoms with van der Waals surface area (Å²) in [5, 5.41) is 0. The van der Waals surface area contributed by atoms with E-state index < -0.39 is 35.5 Å². The van der Waals surface area contributed by atoms with E-state index in [1.807, 2.05) is 27.7 Å². The summed E-state index contributed by atoms with van der Waals surface area (Å²) >= 11 is 0. The van der Waals surface area contributed by atoms with Gasteiger partial charge in [0, 0.05) is 11.8 Å². The maximum absolute atomic E-state index is 12.4. The molecule has 5 unspecified atom stereocenters. The van der Waals surface area contributed by atoms with Crippen molar-refractivity contribution >= 4 is 24.4 Å². The minimum Gasteiger partial charge on any atom is -0.468 e. The molecule has 12 nitrogen and oxygen atoms in total. The Kier molecular flexibility index (Phi) is 17.0. The molecule has 0 aromatic heterocycles. The standard InChI is InChI=1S/C27H44O12.C6H14/c1-19(24(31)35-15-21-17-37-27(6,39-21)25(2,3)4)13-23(30)34-14-20-16-36-26(5,38-20)10-9-22(29)33-12-8-7-11-32-18-28;1-5-6(2,3)4/h18-21H,7-17H2,1-6H3;5H2,1-4H3. The number of carbonyl (C=O) groups excluding carboxylic acids is 4. The summed E-state index contributed by atoms with van der Waals surface area (Å²) in [5.41, 5.74) is 0.301. The van der Waals surface area contributed by atoms with Crippen LogP contribution in [0.1, 0.15) is 108 Å². The SMILES string of the molecule is CC(CC(=O)OCC1COC(C)(CCC(=O)OCCCCOC=O)O1)C(=O)OCC1COC(C)(C(C)(C)C)O1.CCC(C)(C)C. The molecule has 2 heterocycles. The molecule has 0 N–H and O–H groups in total. The smallest absolute Gasteiger partial charge is 0.309 e. The van der Waals surface area contributed by atoms with Crippen LogP contribution in [0, 0.1) is 16.7 Å². The van der Waals surface area contributed by atoms with Gasteiger partial charge in [-0.15, -0.1) is 0 Å². The predicted octanol–water partition coefficient (Wildman–Crippen LogP) is 5.13. The molecule has 2 saturated heterocycles. The highest BCUT2D eigenvalue weighted by Gasteiger charge is 2.47. The third kappa shape index (κ3) is 16.2. The first-order chi connectivity index (χ1) is 20.8. The maximum Gasteiger partial charge on any atom is 0.309 e. The van der Waals surface area contributed by atoms with E-state index in [1.165, 1.54) is 6.42 Å². The second-order valence-corrected chi connectivity index (χ2v) is 14.2. The van der Waals surface area contributed by atoms with Gasteiger partial charge in [0.2, 0.25) is 0 Å². The summed E-state index contributed by atoms with van der Waals surface area (Å²) in [6, 6.07) is 0. The number of carbonyl (C=O) groups is 4. The quantitative estimate of drug-likeness (QED) is 0.0950. The van der Waals surface area contributed by atoms with Gasteiger partial charge in [0.1, 0.15) is 25.4 Å². The average molecular weight is 647 g/mol. The van der Waals surface area contributed by atoms with Gasteiger partial charge in [0.05, 0.1) is 45.2 Å². The van der Waals surface area contributed by atoms with Crippen molar-refractivity contribution in [3.05, 3.63) is 0 Å². The van der Waals surface area contributed by atoms with E-state index in [0.29, 0.717) is 37.9 Å². The van der Waals surface area contributed by atoms with Crippen LogP contribution in [-0.4, -0.2) is 87.8 Å². The lowest BCUT2D eigenvalue weighted by atomic mass is 9.87. The second kappa shape index (κ2) is 18.8. The van der Waals surface area contributed by atoms with Gasteiger partial charge in [-0.3, -0.25) is 19.2 Å². The van der Waals surface area contributed by atoms with E-state index in [0.717, 1.165) is 0 Å².